The second-order valence-electron chi connectivity index (χ2n) is 4.94. The number of halogens is 1. The van der Waals surface area contributed by atoms with Gasteiger partial charge in [0.2, 0.25) is 0 Å². The van der Waals surface area contributed by atoms with Crippen LogP contribution in [0.5, 0.6) is 0 Å². The van der Waals surface area contributed by atoms with Gasteiger partial charge in [0.25, 0.3) is 0 Å². The van der Waals surface area contributed by atoms with Gasteiger partial charge in [0.05, 0.1) is 16.8 Å². The van der Waals surface area contributed by atoms with E-state index in [1.54, 1.807) is 0 Å². The van der Waals surface area contributed by atoms with E-state index in [0.29, 0.717) is 28.2 Å². The van der Waals surface area contributed by atoms with Crippen LogP contribution in [0, 0.1) is 0 Å². The van der Waals surface area contributed by atoms with Gasteiger partial charge in [0.15, 0.2) is 0 Å². The zero-order valence-corrected chi connectivity index (χ0v) is 13.4. The summed E-state index contributed by atoms with van der Waals surface area (Å²) < 4.78 is 0. The van der Waals surface area contributed by atoms with Gasteiger partial charge in [-0.1, -0.05) is 64.5 Å². The van der Waals surface area contributed by atoms with Crippen molar-refractivity contribution in [2.24, 2.45) is 0 Å². The smallest absolute Gasteiger partial charge is 0.336 e. The van der Waals surface area contributed by atoms with Gasteiger partial charge in [0, 0.05) is 16.3 Å². The van der Waals surface area contributed by atoms with E-state index in [2.05, 4.69) is 15.9 Å². The van der Waals surface area contributed by atoms with E-state index in [4.69, 9.17) is 4.98 Å². The number of nitrogens with zero attached hydrogens (tertiary/aromatic N) is 1. The van der Waals surface area contributed by atoms with Gasteiger partial charge in [0.1, 0.15) is 0 Å². The lowest BCUT2D eigenvalue weighted by Crippen LogP contribution is -2.08. The van der Waals surface area contributed by atoms with Gasteiger partial charge in [-0.3, -0.25) is 0 Å². The van der Waals surface area contributed by atoms with Crippen molar-refractivity contribution in [1.29, 1.82) is 0 Å². The van der Waals surface area contributed by atoms with E-state index in [0.717, 1.165) is 16.8 Å². The number of fused-ring (bicyclic) bond motifs is 1. The number of para-hydroxylation sites is 1. The minimum atomic E-state index is -0.910. The van der Waals surface area contributed by atoms with Crippen LogP contribution in [0.4, 0.5) is 0 Å². The van der Waals surface area contributed by atoms with E-state index in [-0.39, 0.29) is 0 Å². The number of hydrogen-bond donors (Lipinski definition) is 1. The number of alkyl halides is 1. The highest BCUT2D eigenvalue weighted by molar-refractivity contribution is 9.09. The van der Waals surface area contributed by atoms with Gasteiger partial charge < -0.3 is 5.11 Å². The van der Waals surface area contributed by atoms with Crippen molar-refractivity contribution in [3.8, 4) is 11.3 Å². The average molecular weight is 356 g/mol. The minimum Gasteiger partial charge on any atom is -0.478 e. The van der Waals surface area contributed by atoms with Crippen molar-refractivity contribution in [2.45, 2.75) is 6.42 Å². The fourth-order valence-electron chi connectivity index (χ4n) is 2.67. The molecule has 0 aliphatic rings. The van der Waals surface area contributed by atoms with Crippen LogP contribution >= 0.6 is 15.9 Å². The van der Waals surface area contributed by atoms with Crippen LogP contribution in [0.25, 0.3) is 22.2 Å². The van der Waals surface area contributed by atoms with Gasteiger partial charge >= 0.3 is 5.97 Å². The number of benzene rings is 2. The third kappa shape index (κ3) is 2.62. The SMILES string of the molecule is O=C(O)c1c(CCBr)c(-c2ccccc2)nc2ccccc12. The number of pyridine rings is 1. The topological polar surface area (TPSA) is 50.2 Å². The Bertz CT molecular complexity index is 831. The number of aromatic nitrogens is 1. The van der Waals surface area contributed by atoms with E-state index in [1.165, 1.54) is 0 Å². The molecule has 2 aromatic carbocycles. The first-order valence-electron chi connectivity index (χ1n) is 6.98. The Balaban J connectivity index is 2.40. The number of carboxylic acids is 1. The second-order valence-corrected chi connectivity index (χ2v) is 5.73. The van der Waals surface area contributed by atoms with Crippen molar-refractivity contribution in [3.05, 3.63) is 65.7 Å². The zero-order chi connectivity index (χ0) is 15.5. The molecule has 0 saturated heterocycles. The Hall–Kier alpha value is -2.20. The Morgan fingerprint density at radius 1 is 1.05 bits per heavy atom. The van der Waals surface area contributed by atoms with E-state index >= 15 is 0 Å². The Morgan fingerprint density at radius 3 is 2.41 bits per heavy atom. The molecule has 3 aromatic rings. The predicted octanol–water partition coefficient (Wildman–Crippen LogP) is 4.54. The first-order chi connectivity index (χ1) is 10.7. The van der Waals surface area contributed by atoms with Crippen LogP contribution in [0.2, 0.25) is 0 Å². The number of aromatic carboxylic acids is 1. The summed E-state index contributed by atoms with van der Waals surface area (Å²) >= 11 is 3.42. The monoisotopic (exact) mass is 355 g/mol. The molecule has 0 saturated carbocycles. The third-order valence-electron chi connectivity index (χ3n) is 3.60. The lowest BCUT2D eigenvalue weighted by Gasteiger charge is -2.14. The lowest BCUT2D eigenvalue weighted by molar-refractivity contribution is 0.0698. The Kier molecular flexibility index (Phi) is 4.20. The molecule has 1 N–H and O–H groups in total. The fraction of sp³-hybridized carbons (Fsp3) is 0.111. The van der Waals surface area contributed by atoms with Gasteiger partial charge in [-0.2, -0.15) is 0 Å². The zero-order valence-electron chi connectivity index (χ0n) is 11.8. The molecule has 0 spiro atoms. The maximum absolute atomic E-state index is 11.9. The predicted molar refractivity (Wildman–Crippen MR) is 91.6 cm³/mol. The standard InChI is InChI=1S/C18H14BrNO2/c19-11-10-14-16(18(21)22)13-8-4-5-9-15(13)20-17(14)12-6-2-1-3-7-12/h1-9H,10-11H2,(H,21,22). The average Bonchev–Trinajstić information content (AvgIpc) is 2.55. The molecule has 0 aliphatic carbocycles. The van der Waals surface area contributed by atoms with Crippen molar-refractivity contribution in [3.63, 3.8) is 0 Å². The van der Waals surface area contributed by atoms with E-state index in [9.17, 15) is 9.90 Å². The number of carboxylic acid groups (broad SMARTS) is 1. The van der Waals surface area contributed by atoms with Crippen LogP contribution in [0.15, 0.2) is 54.6 Å². The molecule has 3 nitrogen and oxygen atoms in total. The van der Waals surface area contributed by atoms with E-state index in [1.807, 2.05) is 54.6 Å². The first-order valence-corrected chi connectivity index (χ1v) is 8.11. The lowest BCUT2D eigenvalue weighted by atomic mass is 9.95. The molecular formula is C18H14BrNO2. The summed E-state index contributed by atoms with van der Waals surface area (Å²) in [7, 11) is 0. The molecule has 3 rings (SSSR count). The summed E-state index contributed by atoms with van der Waals surface area (Å²) in [5.74, 6) is -0.910. The molecule has 1 heterocycles. The molecule has 0 atom stereocenters. The second kappa shape index (κ2) is 6.28. The van der Waals surface area contributed by atoms with Crippen molar-refractivity contribution < 1.29 is 9.90 Å². The molecular weight excluding hydrogens is 342 g/mol. The number of rotatable bonds is 4. The maximum Gasteiger partial charge on any atom is 0.336 e. The Morgan fingerprint density at radius 2 is 1.73 bits per heavy atom. The molecule has 0 fully saturated rings. The van der Waals surface area contributed by atoms with Crippen LogP contribution in [-0.2, 0) is 6.42 Å². The highest BCUT2D eigenvalue weighted by Gasteiger charge is 2.20. The molecule has 22 heavy (non-hydrogen) atoms. The highest BCUT2D eigenvalue weighted by Crippen LogP contribution is 2.30. The highest BCUT2D eigenvalue weighted by atomic mass is 79.9. The van der Waals surface area contributed by atoms with E-state index < -0.39 is 5.97 Å². The van der Waals surface area contributed by atoms with Gasteiger partial charge in [-0.25, -0.2) is 9.78 Å². The fourth-order valence-corrected chi connectivity index (χ4v) is 3.06. The summed E-state index contributed by atoms with van der Waals surface area (Å²) in [5, 5.41) is 11.1. The molecule has 110 valence electrons. The molecule has 0 aliphatic heterocycles. The molecule has 0 amide bonds. The summed E-state index contributed by atoms with van der Waals surface area (Å²) in [6.45, 7) is 0. The maximum atomic E-state index is 11.9. The molecule has 0 unspecified atom stereocenters. The molecule has 0 bridgehead atoms. The van der Waals surface area contributed by atoms with Crippen molar-refractivity contribution in [1.82, 2.24) is 4.98 Å². The normalized spacial score (nSPS) is 10.8. The number of hydrogen-bond acceptors (Lipinski definition) is 2. The van der Waals surface area contributed by atoms with Crippen LogP contribution in [-0.4, -0.2) is 21.4 Å². The molecule has 0 radical (unpaired) electrons. The number of carbonyl (C=O) groups is 1. The largest absolute Gasteiger partial charge is 0.478 e. The summed E-state index contributed by atoms with van der Waals surface area (Å²) in [6.07, 6.45) is 0.615. The van der Waals surface area contributed by atoms with Crippen LogP contribution in [0.3, 0.4) is 0 Å². The van der Waals surface area contributed by atoms with Crippen molar-refractivity contribution in [2.75, 3.05) is 5.33 Å². The third-order valence-corrected chi connectivity index (χ3v) is 4.00. The van der Waals surface area contributed by atoms with Crippen LogP contribution < -0.4 is 0 Å². The van der Waals surface area contributed by atoms with Crippen molar-refractivity contribution >= 4 is 32.8 Å². The minimum absolute atomic E-state index is 0.351. The van der Waals surface area contributed by atoms with Gasteiger partial charge in [-0.05, 0) is 18.1 Å². The molecule has 1 aromatic heterocycles. The van der Waals surface area contributed by atoms with Crippen LogP contribution in [0.1, 0.15) is 15.9 Å². The quantitative estimate of drug-likeness (QED) is 0.699. The summed E-state index contributed by atoms with van der Waals surface area (Å²) in [5.41, 5.74) is 3.51. The first kappa shape index (κ1) is 14.7. The summed E-state index contributed by atoms with van der Waals surface area (Å²) in [6, 6.07) is 17.1. The van der Waals surface area contributed by atoms with Gasteiger partial charge in [-0.15, -0.1) is 0 Å². The summed E-state index contributed by atoms with van der Waals surface area (Å²) in [4.78, 5) is 16.6. The molecule has 4 heteroatoms. The Labute approximate surface area is 136 Å².